The first-order valence-electron chi connectivity index (χ1n) is 3.71. The number of aromatic nitrogens is 1. The highest BCUT2D eigenvalue weighted by molar-refractivity contribution is 5.45. The van der Waals surface area contributed by atoms with Gasteiger partial charge in [-0.3, -0.25) is 4.98 Å². The Balaban J connectivity index is 3.18. The molecular formula is C8H5F3N2O2. The molecule has 0 spiro atoms. The molecule has 1 heterocycles. The van der Waals surface area contributed by atoms with Crippen LogP contribution in [0, 0.1) is 11.3 Å². The molecule has 0 unspecified atom stereocenters. The van der Waals surface area contributed by atoms with E-state index in [9.17, 15) is 13.2 Å². The van der Waals surface area contributed by atoms with Crippen LogP contribution in [-0.4, -0.2) is 16.5 Å². The molecule has 1 rings (SSSR count). The van der Waals surface area contributed by atoms with Gasteiger partial charge in [-0.25, -0.2) is 0 Å². The molecule has 4 nitrogen and oxygen atoms in total. The number of hydrogen-bond donors (Lipinski definition) is 1. The van der Waals surface area contributed by atoms with E-state index in [2.05, 4.69) is 9.72 Å². The molecule has 0 fully saturated rings. The van der Waals surface area contributed by atoms with E-state index in [4.69, 9.17) is 10.4 Å². The largest absolute Gasteiger partial charge is 0.573 e. The number of ether oxygens (including phenoxy) is 1. The first-order chi connectivity index (χ1) is 6.98. The van der Waals surface area contributed by atoms with Crippen LogP contribution in [0.1, 0.15) is 11.1 Å². The number of aliphatic hydroxyl groups excluding tert-OH is 1. The van der Waals surface area contributed by atoms with Crippen LogP contribution in [0.3, 0.4) is 0 Å². The van der Waals surface area contributed by atoms with Crippen molar-refractivity contribution >= 4 is 0 Å². The van der Waals surface area contributed by atoms with Crippen LogP contribution >= 0.6 is 0 Å². The van der Waals surface area contributed by atoms with E-state index in [0.717, 1.165) is 12.4 Å². The normalized spacial score (nSPS) is 10.9. The van der Waals surface area contributed by atoms with Gasteiger partial charge in [-0.2, -0.15) is 5.26 Å². The highest BCUT2D eigenvalue weighted by Gasteiger charge is 2.33. The van der Waals surface area contributed by atoms with Crippen molar-refractivity contribution in [3.63, 3.8) is 0 Å². The second-order valence-electron chi connectivity index (χ2n) is 2.49. The molecule has 1 N–H and O–H groups in total. The summed E-state index contributed by atoms with van der Waals surface area (Å²) in [6.07, 6.45) is -2.97. The van der Waals surface area contributed by atoms with Crippen LogP contribution in [0.4, 0.5) is 13.2 Å². The van der Waals surface area contributed by atoms with Crippen molar-refractivity contribution in [2.24, 2.45) is 0 Å². The maximum Gasteiger partial charge on any atom is 0.573 e. The van der Waals surface area contributed by atoms with Gasteiger partial charge < -0.3 is 9.84 Å². The molecule has 0 bridgehead atoms. The summed E-state index contributed by atoms with van der Waals surface area (Å²) >= 11 is 0. The lowest BCUT2D eigenvalue weighted by molar-refractivity contribution is -0.275. The SMILES string of the molecule is N#Cc1cncc(CO)c1OC(F)(F)F. The Labute approximate surface area is 82.5 Å². The van der Waals surface area contributed by atoms with Gasteiger partial charge in [-0.15, -0.1) is 13.2 Å². The zero-order valence-corrected chi connectivity index (χ0v) is 7.25. The van der Waals surface area contributed by atoms with Crippen molar-refractivity contribution in [3.8, 4) is 11.8 Å². The molecule has 0 atom stereocenters. The van der Waals surface area contributed by atoms with Gasteiger partial charge in [0.2, 0.25) is 0 Å². The van der Waals surface area contributed by atoms with E-state index in [-0.39, 0.29) is 11.1 Å². The average molecular weight is 218 g/mol. The fourth-order valence-electron chi connectivity index (χ4n) is 0.921. The molecule has 0 aliphatic heterocycles. The topological polar surface area (TPSA) is 66.1 Å². The van der Waals surface area contributed by atoms with E-state index >= 15 is 0 Å². The monoisotopic (exact) mass is 218 g/mol. The van der Waals surface area contributed by atoms with E-state index in [1.807, 2.05) is 0 Å². The molecule has 80 valence electrons. The zero-order chi connectivity index (χ0) is 11.5. The lowest BCUT2D eigenvalue weighted by atomic mass is 10.2. The molecule has 0 saturated heterocycles. The molecule has 0 aliphatic rings. The lowest BCUT2D eigenvalue weighted by Crippen LogP contribution is -2.19. The van der Waals surface area contributed by atoms with Crippen LogP contribution < -0.4 is 4.74 Å². The molecule has 0 amide bonds. The second kappa shape index (κ2) is 4.14. The third-order valence-electron chi connectivity index (χ3n) is 1.48. The van der Waals surface area contributed by atoms with Crippen LogP contribution in [0.2, 0.25) is 0 Å². The fraction of sp³-hybridized carbons (Fsp3) is 0.250. The number of pyridine rings is 1. The first kappa shape index (κ1) is 11.3. The fourth-order valence-corrected chi connectivity index (χ4v) is 0.921. The summed E-state index contributed by atoms with van der Waals surface area (Å²) in [5.41, 5.74) is -0.565. The van der Waals surface area contributed by atoms with Gasteiger partial charge >= 0.3 is 6.36 Å². The number of halogens is 3. The van der Waals surface area contributed by atoms with Crippen molar-refractivity contribution in [1.29, 1.82) is 5.26 Å². The summed E-state index contributed by atoms with van der Waals surface area (Å²) < 4.78 is 39.4. The number of alkyl halides is 3. The van der Waals surface area contributed by atoms with Gasteiger partial charge in [-0.05, 0) is 0 Å². The minimum Gasteiger partial charge on any atom is -0.404 e. The standard InChI is InChI=1S/C8H5F3N2O2/c9-8(10,11)15-7-5(1-12)2-13-3-6(7)4-14/h2-3,14H,4H2. The smallest absolute Gasteiger partial charge is 0.404 e. The second-order valence-corrected chi connectivity index (χ2v) is 2.49. The maximum absolute atomic E-state index is 11.9. The van der Waals surface area contributed by atoms with Crippen LogP contribution in [0.15, 0.2) is 12.4 Å². The number of hydrogen-bond acceptors (Lipinski definition) is 4. The summed E-state index contributed by atoms with van der Waals surface area (Å²) in [7, 11) is 0. The zero-order valence-electron chi connectivity index (χ0n) is 7.25. The molecule has 7 heteroatoms. The Morgan fingerprint density at radius 3 is 2.60 bits per heavy atom. The quantitative estimate of drug-likeness (QED) is 0.813. The first-order valence-corrected chi connectivity index (χ1v) is 3.71. The average Bonchev–Trinajstić information content (AvgIpc) is 2.16. The Hall–Kier alpha value is -1.81. The van der Waals surface area contributed by atoms with Gasteiger partial charge in [-0.1, -0.05) is 0 Å². The lowest BCUT2D eigenvalue weighted by Gasteiger charge is -2.12. The Kier molecular flexibility index (Phi) is 3.11. The van der Waals surface area contributed by atoms with Crippen LogP contribution in [0.5, 0.6) is 5.75 Å². The summed E-state index contributed by atoms with van der Waals surface area (Å²) in [4.78, 5) is 3.49. The van der Waals surface area contributed by atoms with Gasteiger partial charge in [0.15, 0.2) is 5.75 Å². The molecular weight excluding hydrogens is 213 g/mol. The third-order valence-corrected chi connectivity index (χ3v) is 1.48. The summed E-state index contributed by atoms with van der Waals surface area (Å²) in [6, 6.07) is 1.49. The Morgan fingerprint density at radius 1 is 1.47 bits per heavy atom. The molecule has 15 heavy (non-hydrogen) atoms. The number of nitrogens with zero attached hydrogens (tertiary/aromatic N) is 2. The minimum atomic E-state index is -4.91. The molecule has 0 saturated carbocycles. The summed E-state index contributed by atoms with van der Waals surface area (Å²) in [5, 5.41) is 17.3. The third kappa shape index (κ3) is 2.82. The number of rotatable bonds is 2. The summed E-state index contributed by atoms with van der Waals surface area (Å²) in [6.45, 7) is -0.687. The van der Waals surface area contributed by atoms with Crippen molar-refractivity contribution < 1.29 is 23.0 Å². The highest BCUT2D eigenvalue weighted by Crippen LogP contribution is 2.28. The number of aliphatic hydroxyl groups is 1. The van der Waals surface area contributed by atoms with Crippen LogP contribution in [0.25, 0.3) is 0 Å². The molecule has 1 aromatic heterocycles. The summed E-state index contributed by atoms with van der Waals surface area (Å²) in [5.74, 6) is -0.706. The van der Waals surface area contributed by atoms with E-state index in [1.54, 1.807) is 0 Å². The van der Waals surface area contributed by atoms with Crippen molar-refractivity contribution in [3.05, 3.63) is 23.5 Å². The molecule has 0 aliphatic carbocycles. The van der Waals surface area contributed by atoms with Gasteiger partial charge in [0, 0.05) is 18.0 Å². The van der Waals surface area contributed by atoms with E-state index in [1.165, 1.54) is 6.07 Å². The van der Waals surface area contributed by atoms with Gasteiger partial charge in [0.05, 0.1) is 6.61 Å². The minimum absolute atomic E-state index is 0.189. The van der Waals surface area contributed by atoms with E-state index < -0.39 is 18.7 Å². The Morgan fingerprint density at radius 2 is 2.13 bits per heavy atom. The molecule has 0 aromatic carbocycles. The number of nitriles is 1. The van der Waals surface area contributed by atoms with Gasteiger partial charge in [0.25, 0.3) is 0 Å². The predicted molar refractivity (Wildman–Crippen MR) is 41.6 cm³/mol. The predicted octanol–water partition coefficient (Wildman–Crippen LogP) is 1.34. The molecule has 0 radical (unpaired) electrons. The van der Waals surface area contributed by atoms with E-state index in [0.29, 0.717) is 0 Å². The van der Waals surface area contributed by atoms with Crippen molar-refractivity contribution in [2.75, 3.05) is 0 Å². The highest BCUT2D eigenvalue weighted by atomic mass is 19.4. The van der Waals surface area contributed by atoms with Gasteiger partial charge in [0.1, 0.15) is 11.6 Å². The molecule has 1 aromatic rings. The maximum atomic E-state index is 11.9. The van der Waals surface area contributed by atoms with Crippen molar-refractivity contribution in [1.82, 2.24) is 4.98 Å². The van der Waals surface area contributed by atoms with Crippen LogP contribution in [-0.2, 0) is 6.61 Å². The van der Waals surface area contributed by atoms with Crippen molar-refractivity contribution in [2.45, 2.75) is 13.0 Å². The Bertz CT molecular complexity index is 398.